The maximum Gasteiger partial charge on any atom is 0.335 e. The lowest BCUT2D eigenvalue weighted by atomic mass is 10.1. The van der Waals surface area contributed by atoms with E-state index in [0.717, 1.165) is 25.9 Å². The number of likely N-dealkylation sites (tertiary alicyclic amines) is 1. The molecule has 7 heteroatoms. The number of hydrogen-bond donors (Lipinski definition) is 1. The Hall–Kier alpha value is -3.06. The van der Waals surface area contributed by atoms with E-state index < -0.39 is 5.97 Å². The van der Waals surface area contributed by atoms with E-state index in [0.29, 0.717) is 36.0 Å². The van der Waals surface area contributed by atoms with E-state index in [4.69, 9.17) is 14.2 Å². The normalized spacial score (nSPS) is 18.4. The molecule has 2 aromatic rings. The summed E-state index contributed by atoms with van der Waals surface area (Å²) >= 11 is 0. The minimum atomic E-state index is -1.06. The number of rotatable bonds is 6. The first kappa shape index (κ1) is 18.3. The molecule has 0 saturated carbocycles. The van der Waals surface area contributed by atoms with Gasteiger partial charge in [-0.25, -0.2) is 4.79 Å². The van der Waals surface area contributed by atoms with Gasteiger partial charge >= 0.3 is 5.97 Å². The molecule has 4 rings (SSSR count). The van der Waals surface area contributed by atoms with Crippen LogP contribution in [0.1, 0.15) is 33.6 Å². The molecule has 1 unspecified atom stereocenters. The molecule has 0 spiro atoms. The average Bonchev–Trinajstić information content (AvgIpc) is 3.13. The van der Waals surface area contributed by atoms with Crippen LogP contribution in [-0.4, -0.2) is 54.3 Å². The molecule has 0 aliphatic carbocycles. The highest BCUT2D eigenvalue weighted by Gasteiger charge is 2.22. The minimum Gasteiger partial charge on any atom is -0.488 e. The standard InChI is InChI=1S/C21H21NO6/c23-20(22-7-1-8-22)14-2-4-16(5-3-14)27-18-10-15(21(24)25)11-19(12-18)28-17-6-9-26-13-17/h2-5,10-12,17H,1,6-9,13H2,(H,24,25). The second-order valence-corrected chi connectivity index (χ2v) is 6.87. The number of carboxylic acid groups (broad SMARTS) is 1. The van der Waals surface area contributed by atoms with Crippen molar-refractivity contribution < 1.29 is 28.9 Å². The van der Waals surface area contributed by atoms with E-state index in [9.17, 15) is 14.7 Å². The predicted molar refractivity (Wildman–Crippen MR) is 100 cm³/mol. The van der Waals surface area contributed by atoms with Gasteiger partial charge < -0.3 is 24.2 Å². The zero-order valence-corrected chi connectivity index (χ0v) is 15.3. The molecule has 2 fully saturated rings. The number of amides is 1. The molecule has 28 heavy (non-hydrogen) atoms. The van der Waals surface area contributed by atoms with Gasteiger partial charge in [0.2, 0.25) is 0 Å². The molecule has 2 aromatic carbocycles. The van der Waals surface area contributed by atoms with Gasteiger partial charge in [0, 0.05) is 31.1 Å². The second kappa shape index (κ2) is 7.90. The molecule has 0 radical (unpaired) electrons. The monoisotopic (exact) mass is 383 g/mol. The first-order valence-corrected chi connectivity index (χ1v) is 9.28. The molecular weight excluding hydrogens is 362 g/mol. The van der Waals surface area contributed by atoms with E-state index in [-0.39, 0.29) is 17.6 Å². The third kappa shape index (κ3) is 4.09. The average molecular weight is 383 g/mol. The fourth-order valence-electron chi connectivity index (χ4n) is 3.12. The Kier molecular flexibility index (Phi) is 5.16. The molecule has 1 amide bonds. The number of carboxylic acids is 1. The van der Waals surface area contributed by atoms with Crippen molar-refractivity contribution in [1.29, 1.82) is 0 Å². The zero-order valence-electron chi connectivity index (χ0n) is 15.3. The van der Waals surface area contributed by atoms with Gasteiger partial charge in [0.25, 0.3) is 5.91 Å². The van der Waals surface area contributed by atoms with Crippen LogP contribution < -0.4 is 9.47 Å². The van der Waals surface area contributed by atoms with E-state index in [1.54, 1.807) is 35.2 Å². The van der Waals surface area contributed by atoms with Crippen LogP contribution in [0.3, 0.4) is 0 Å². The van der Waals surface area contributed by atoms with Gasteiger partial charge in [-0.15, -0.1) is 0 Å². The lowest BCUT2D eigenvalue weighted by Gasteiger charge is -2.30. The van der Waals surface area contributed by atoms with Crippen LogP contribution in [-0.2, 0) is 4.74 Å². The fraction of sp³-hybridized carbons (Fsp3) is 0.333. The van der Waals surface area contributed by atoms with Crippen molar-refractivity contribution in [1.82, 2.24) is 4.90 Å². The van der Waals surface area contributed by atoms with Crippen LogP contribution >= 0.6 is 0 Å². The van der Waals surface area contributed by atoms with Gasteiger partial charge in [0.05, 0.1) is 18.8 Å². The Bertz CT molecular complexity index is 869. The molecule has 7 nitrogen and oxygen atoms in total. The van der Waals surface area contributed by atoms with E-state index in [1.165, 1.54) is 12.1 Å². The number of aromatic carboxylic acids is 1. The number of ether oxygens (including phenoxy) is 3. The molecule has 2 heterocycles. The van der Waals surface area contributed by atoms with Crippen molar-refractivity contribution in [3.05, 3.63) is 53.6 Å². The Morgan fingerprint density at radius 3 is 2.36 bits per heavy atom. The van der Waals surface area contributed by atoms with Gasteiger partial charge in [-0.05, 0) is 42.8 Å². The molecule has 1 atom stereocenters. The SMILES string of the molecule is O=C(O)c1cc(Oc2ccc(C(=O)N3CCC3)cc2)cc(OC2CCOC2)c1. The van der Waals surface area contributed by atoms with Gasteiger partial charge in [-0.1, -0.05) is 0 Å². The minimum absolute atomic E-state index is 0.0140. The van der Waals surface area contributed by atoms with Crippen molar-refractivity contribution >= 4 is 11.9 Å². The summed E-state index contributed by atoms with van der Waals surface area (Å²) in [6.07, 6.45) is 1.72. The fourth-order valence-corrected chi connectivity index (χ4v) is 3.12. The van der Waals surface area contributed by atoms with Crippen molar-refractivity contribution in [2.24, 2.45) is 0 Å². The van der Waals surface area contributed by atoms with Crippen molar-refractivity contribution in [3.63, 3.8) is 0 Å². The smallest absolute Gasteiger partial charge is 0.335 e. The second-order valence-electron chi connectivity index (χ2n) is 6.87. The van der Waals surface area contributed by atoms with Crippen LogP contribution in [0.5, 0.6) is 17.2 Å². The zero-order chi connectivity index (χ0) is 19.5. The predicted octanol–water partition coefficient (Wildman–Crippen LogP) is 3.19. The molecule has 1 N–H and O–H groups in total. The summed E-state index contributed by atoms with van der Waals surface area (Å²) in [6.45, 7) is 2.72. The van der Waals surface area contributed by atoms with Crippen LogP contribution in [0.4, 0.5) is 0 Å². The van der Waals surface area contributed by atoms with Gasteiger partial charge in [-0.3, -0.25) is 4.79 Å². The topological polar surface area (TPSA) is 85.3 Å². The highest BCUT2D eigenvalue weighted by atomic mass is 16.5. The number of hydrogen-bond acceptors (Lipinski definition) is 5. The molecule has 0 aromatic heterocycles. The van der Waals surface area contributed by atoms with Crippen molar-refractivity contribution in [2.45, 2.75) is 18.9 Å². The third-order valence-corrected chi connectivity index (χ3v) is 4.80. The summed E-state index contributed by atoms with van der Waals surface area (Å²) in [5.41, 5.74) is 0.688. The summed E-state index contributed by atoms with van der Waals surface area (Å²) in [7, 11) is 0. The van der Waals surface area contributed by atoms with Gasteiger partial charge in [-0.2, -0.15) is 0 Å². The third-order valence-electron chi connectivity index (χ3n) is 4.80. The molecule has 2 aliphatic heterocycles. The largest absolute Gasteiger partial charge is 0.488 e. The molecule has 2 aliphatic rings. The first-order chi connectivity index (χ1) is 13.6. The number of carbonyl (C=O) groups excluding carboxylic acids is 1. The van der Waals surface area contributed by atoms with Gasteiger partial charge in [0.15, 0.2) is 0 Å². The van der Waals surface area contributed by atoms with Crippen molar-refractivity contribution in [3.8, 4) is 17.2 Å². The number of benzene rings is 2. The lowest BCUT2D eigenvalue weighted by Crippen LogP contribution is -2.41. The van der Waals surface area contributed by atoms with Crippen LogP contribution in [0.25, 0.3) is 0 Å². The van der Waals surface area contributed by atoms with E-state index >= 15 is 0 Å². The highest BCUT2D eigenvalue weighted by Crippen LogP contribution is 2.29. The quantitative estimate of drug-likeness (QED) is 0.825. The molecule has 146 valence electrons. The Morgan fingerprint density at radius 2 is 1.75 bits per heavy atom. The lowest BCUT2D eigenvalue weighted by molar-refractivity contribution is 0.0650. The van der Waals surface area contributed by atoms with Crippen LogP contribution in [0, 0.1) is 0 Å². The van der Waals surface area contributed by atoms with Crippen molar-refractivity contribution in [2.75, 3.05) is 26.3 Å². The van der Waals surface area contributed by atoms with Gasteiger partial charge in [0.1, 0.15) is 23.4 Å². The molecular formula is C21H21NO6. The summed E-state index contributed by atoms with van der Waals surface area (Å²) in [6, 6.07) is 11.4. The van der Waals surface area contributed by atoms with Crippen LogP contribution in [0.15, 0.2) is 42.5 Å². The first-order valence-electron chi connectivity index (χ1n) is 9.28. The summed E-state index contributed by atoms with van der Waals surface area (Å²) in [5.74, 6) is 0.247. The van der Waals surface area contributed by atoms with E-state index in [1.807, 2.05) is 0 Å². The highest BCUT2D eigenvalue weighted by molar-refractivity contribution is 5.94. The summed E-state index contributed by atoms with van der Waals surface area (Å²) in [4.78, 5) is 25.4. The number of carbonyl (C=O) groups is 2. The maximum atomic E-state index is 12.2. The Labute approximate surface area is 162 Å². The number of nitrogens with zero attached hydrogens (tertiary/aromatic N) is 1. The molecule has 2 saturated heterocycles. The summed E-state index contributed by atoms with van der Waals surface area (Å²) in [5, 5.41) is 9.36. The maximum absolute atomic E-state index is 12.2. The molecule has 0 bridgehead atoms. The Balaban J connectivity index is 1.50. The van der Waals surface area contributed by atoms with Crippen LogP contribution in [0.2, 0.25) is 0 Å². The Morgan fingerprint density at radius 1 is 1.00 bits per heavy atom. The van der Waals surface area contributed by atoms with E-state index in [2.05, 4.69) is 0 Å². The summed E-state index contributed by atoms with van der Waals surface area (Å²) < 4.78 is 16.9.